The molecule has 1 heterocycles. The van der Waals surface area contributed by atoms with Crippen molar-refractivity contribution in [2.75, 3.05) is 5.75 Å². The molecule has 1 aromatic carbocycles. The van der Waals surface area contributed by atoms with Gasteiger partial charge in [0.1, 0.15) is 5.82 Å². The second kappa shape index (κ2) is 4.50. The number of hydrogen-bond donors (Lipinski definition) is 1. The molecule has 0 aliphatic heterocycles. The summed E-state index contributed by atoms with van der Waals surface area (Å²) in [4.78, 5) is 4.66. The Hall–Kier alpha value is -0.960. The molecule has 16 heavy (non-hydrogen) atoms. The summed E-state index contributed by atoms with van der Waals surface area (Å²) in [5, 5.41) is 0. The molecule has 2 aromatic rings. The van der Waals surface area contributed by atoms with Crippen molar-refractivity contribution in [1.82, 2.24) is 9.55 Å². The molecule has 0 bridgehead atoms. The number of aryl methyl sites for hydroxylation is 2. The molecule has 2 nitrogen and oxygen atoms in total. The van der Waals surface area contributed by atoms with Gasteiger partial charge >= 0.3 is 0 Å². The van der Waals surface area contributed by atoms with E-state index in [1.165, 1.54) is 11.1 Å². The average Bonchev–Trinajstić information content (AvgIpc) is 2.56. The maximum atomic E-state index is 4.66. The van der Waals surface area contributed by atoms with E-state index in [1.54, 1.807) is 0 Å². The molecule has 3 heteroatoms. The zero-order chi connectivity index (χ0) is 11.7. The summed E-state index contributed by atoms with van der Waals surface area (Å²) in [7, 11) is 2.07. The summed E-state index contributed by atoms with van der Waals surface area (Å²) in [6.07, 6.45) is 0.922. The lowest BCUT2D eigenvalue weighted by molar-refractivity contribution is 0.834. The van der Waals surface area contributed by atoms with Crippen molar-refractivity contribution >= 4 is 23.7 Å². The summed E-state index contributed by atoms with van der Waals surface area (Å²) < 4.78 is 2.16. The topological polar surface area (TPSA) is 17.8 Å². The third-order valence-electron chi connectivity index (χ3n) is 3.00. The van der Waals surface area contributed by atoms with E-state index in [-0.39, 0.29) is 0 Å². The highest BCUT2D eigenvalue weighted by Gasteiger charge is 2.08. The van der Waals surface area contributed by atoms with Gasteiger partial charge in [-0.2, -0.15) is 12.6 Å². The van der Waals surface area contributed by atoms with Crippen LogP contribution in [0.15, 0.2) is 18.2 Å². The monoisotopic (exact) mass is 234 g/mol. The third kappa shape index (κ3) is 1.96. The van der Waals surface area contributed by atoms with Crippen LogP contribution in [0.2, 0.25) is 0 Å². The second-order valence-electron chi connectivity index (χ2n) is 4.46. The van der Waals surface area contributed by atoms with Crippen LogP contribution < -0.4 is 0 Å². The number of imidazole rings is 1. The quantitative estimate of drug-likeness (QED) is 0.808. The first-order valence-electron chi connectivity index (χ1n) is 5.69. The SMILES string of the molecule is CC(C)c1ccc2c(c1)nc(CCS)n2C. The first-order chi connectivity index (χ1) is 7.63. The molecule has 0 radical (unpaired) electrons. The maximum Gasteiger partial charge on any atom is 0.110 e. The Labute approximate surface area is 102 Å². The summed E-state index contributed by atoms with van der Waals surface area (Å²) in [5.41, 5.74) is 3.66. The van der Waals surface area contributed by atoms with Crippen molar-refractivity contribution in [3.05, 3.63) is 29.6 Å². The lowest BCUT2D eigenvalue weighted by atomic mass is 10.0. The van der Waals surface area contributed by atoms with Crippen LogP contribution in [-0.4, -0.2) is 15.3 Å². The predicted molar refractivity (Wildman–Crippen MR) is 72.4 cm³/mol. The lowest BCUT2D eigenvalue weighted by Gasteiger charge is -2.04. The fraction of sp³-hybridized carbons (Fsp3) is 0.462. The number of hydrogen-bond acceptors (Lipinski definition) is 2. The number of fused-ring (bicyclic) bond motifs is 1. The van der Waals surface area contributed by atoms with Crippen LogP contribution in [0.4, 0.5) is 0 Å². The number of thiol groups is 1. The molecule has 0 spiro atoms. The van der Waals surface area contributed by atoms with Gasteiger partial charge < -0.3 is 4.57 Å². The van der Waals surface area contributed by atoms with Gasteiger partial charge in [-0.3, -0.25) is 0 Å². The number of rotatable bonds is 3. The Morgan fingerprint density at radius 1 is 1.38 bits per heavy atom. The van der Waals surface area contributed by atoms with Gasteiger partial charge in [0.25, 0.3) is 0 Å². The van der Waals surface area contributed by atoms with Gasteiger partial charge in [-0.25, -0.2) is 4.98 Å². The van der Waals surface area contributed by atoms with Crippen LogP contribution in [-0.2, 0) is 13.5 Å². The Bertz CT molecular complexity index is 500. The Morgan fingerprint density at radius 2 is 2.12 bits per heavy atom. The minimum atomic E-state index is 0.555. The largest absolute Gasteiger partial charge is 0.331 e. The van der Waals surface area contributed by atoms with Gasteiger partial charge in [-0.15, -0.1) is 0 Å². The number of aromatic nitrogens is 2. The molecule has 0 aliphatic carbocycles. The highest BCUT2D eigenvalue weighted by Crippen LogP contribution is 2.21. The molecule has 86 valence electrons. The third-order valence-corrected chi connectivity index (χ3v) is 3.22. The highest BCUT2D eigenvalue weighted by atomic mass is 32.1. The molecule has 0 atom stereocenters. The Morgan fingerprint density at radius 3 is 2.75 bits per heavy atom. The molecule has 0 N–H and O–H groups in total. The van der Waals surface area contributed by atoms with Crippen molar-refractivity contribution in [2.45, 2.75) is 26.2 Å². The Kier molecular flexibility index (Phi) is 3.24. The van der Waals surface area contributed by atoms with Crippen molar-refractivity contribution in [3.63, 3.8) is 0 Å². The van der Waals surface area contributed by atoms with Crippen LogP contribution in [0.3, 0.4) is 0 Å². The van der Waals surface area contributed by atoms with Crippen LogP contribution in [0.1, 0.15) is 31.2 Å². The first kappa shape index (κ1) is 11.5. The van der Waals surface area contributed by atoms with Crippen LogP contribution >= 0.6 is 12.6 Å². The second-order valence-corrected chi connectivity index (χ2v) is 4.91. The Balaban J connectivity index is 2.53. The summed E-state index contributed by atoms with van der Waals surface area (Å²) >= 11 is 4.26. The highest BCUT2D eigenvalue weighted by molar-refractivity contribution is 7.80. The van der Waals surface area contributed by atoms with E-state index < -0.39 is 0 Å². The van der Waals surface area contributed by atoms with E-state index in [1.807, 2.05) is 0 Å². The standard InChI is InChI=1S/C13H18N2S/c1-9(2)10-4-5-12-11(8-10)14-13(6-7-16)15(12)3/h4-5,8-9,16H,6-7H2,1-3H3. The molecule has 2 rings (SSSR count). The van der Waals surface area contributed by atoms with Crippen molar-refractivity contribution in [3.8, 4) is 0 Å². The zero-order valence-electron chi connectivity index (χ0n) is 10.1. The minimum Gasteiger partial charge on any atom is -0.331 e. The van der Waals surface area contributed by atoms with Gasteiger partial charge in [0.2, 0.25) is 0 Å². The fourth-order valence-corrected chi connectivity index (χ4v) is 2.15. The smallest absolute Gasteiger partial charge is 0.110 e. The van der Waals surface area contributed by atoms with E-state index in [0.717, 1.165) is 23.5 Å². The predicted octanol–water partition coefficient (Wildman–Crippen LogP) is 3.17. The molecule has 0 saturated carbocycles. The van der Waals surface area contributed by atoms with E-state index >= 15 is 0 Å². The van der Waals surface area contributed by atoms with Gasteiger partial charge in [0.15, 0.2) is 0 Å². The van der Waals surface area contributed by atoms with Crippen molar-refractivity contribution in [2.24, 2.45) is 7.05 Å². The van der Waals surface area contributed by atoms with Gasteiger partial charge in [0.05, 0.1) is 11.0 Å². The van der Waals surface area contributed by atoms with Crippen molar-refractivity contribution < 1.29 is 0 Å². The zero-order valence-corrected chi connectivity index (χ0v) is 11.0. The minimum absolute atomic E-state index is 0.555. The van der Waals surface area contributed by atoms with Gasteiger partial charge in [-0.1, -0.05) is 19.9 Å². The van der Waals surface area contributed by atoms with E-state index in [0.29, 0.717) is 5.92 Å². The van der Waals surface area contributed by atoms with Crippen molar-refractivity contribution in [1.29, 1.82) is 0 Å². The lowest BCUT2D eigenvalue weighted by Crippen LogP contribution is -1.98. The van der Waals surface area contributed by atoms with E-state index in [4.69, 9.17) is 0 Å². The molecule has 0 unspecified atom stereocenters. The molecule has 0 fully saturated rings. The molecule has 0 saturated heterocycles. The van der Waals surface area contributed by atoms with Gasteiger partial charge in [0, 0.05) is 13.5 Å². The molecule has 1 aromatic heterocycles. The van der Waals surface area contributed by atoms with Crippen LogP contribution in [0, 0.1) is 0 Å². The molecule has 0 amide bonds. The van der Waals surface area contributed by atoms with Gasteiger partial charge in [-0.05, 0) is 29.4 Å². The number of benzene rings is 1. The fourth-order valence-electron chi connectivity index (χ4n) is 1.95. The first-order valence-corrected chi connectivity index (χ1v) is 6.33. The van der Waals surface area contributed by atoms with Crippen LogP contribution in [0.5, 0.6) is 0 Å². The van der Waals surface area contributed by atoms with E-state index in [2.05, 4.69) is 61.3 Å². The summed E-state index contributed by atoms with van der Waals surface area (Å²) in [5.74, 6) is 2.51. The van der Waals surface area contributed by atoms with Crippen LogP contribution in [0.25, 0.3) is 11.0 Å². The molecular weight excluding hydrogens is 216 g/mol. The average molecular weight is 234 g/mol. The normalized spacial score (nSPS) is 11.6. The number of nitrogens with zero attached hydrogens (tertiary/aromatic N) is 2. The molecular formula is C13H18N2S. The summed E-state index contributed by atoms with van der Waals surface area (Å²) in [6, 6.07) is 6.56. The maximum absolute atomic E-state index is 4.66. The molecule has 0 aliphatic rings. The van der Waals surface area contributed by atoms with E-state index in [9.17, 15) is 0 Å². The summed E-state index contributed by atoms with van der Waals surface area (Å²) in [6.45, 7) is 4.41.